The highest BCUT2D eigenvalue weighted by molar-refractivity contribution is 14.0. The minimum Gasteiger partial charge on any atom is -0.493 e. The lowest BCUT2D eigenvalue weighted by atomic mass is 10.1. The summed E-state index contributed by atoms with van der Waals surface area (Å²) in [7, 11) is 3.38. The molecule has 1 atom stereocenters. The van der Waals surface area contributed by atoms with E-state index in [2.05, 4.69) is 15.6 Å². The second-order valence-electron chi connectivity index (χ2n) is 6.08. The summed E-state index contributed by atoms with van der Waals surface area (Å²) >= 11 is 0. The molecule has 154 valence electrons. The fraction of sp³-hybridized carbons (Fsp3) is 0.632. The van der Waals surface area contributed by atoms with Crippen molar-refractivity contribution in [3.63, 3.8) is 0 Å². The number of aliphatic imine (C=N–C) groups is 1. The molecular weight excluding hydrogens is 461 g/mol. The van der Waals surface area contributed by atoms with E-state index in [9.17, 15) is 0 Å². The molecule has 27 heavy (non-hydrogen) atoms. The Hall–Kier alpha value is -1.26. The van der Waals surface area contributed by atoms with Crippen LogP contribution < -0.4 is 20.1 Å². The first-order chi connectivity index (χ1) is 12.8. The zero-order valence-electron chi connectivity index (χ0n) is 16.5. The number of hydrogen-bond donors (Lipinski definition) is 2. The van der Waals surface area contributed by atoms with Crippen LogP contribution in [-0.4, -0.2) is 59.7 Å². The topological polar surface area (TPSA) is 73.3 Å². The molecule has 0 aliphatic carbocycles. The Morgan fingerprint density at radius 1 is 1.33 bits per heavy atom. The van der Waals surface area contributed by atoms with Gasteiger partial charge in [0.25, 0.3) is 0 Å². The standard InChI is InChI=1S/C19H31N3O4.HI/c1-4-26-17-7-6-16(12-18(17)23-3)22-19(20-2)21-9-5-10-24-13-15-8-11-25-14-15;/h6-7,12,15H,4-5,8-11,13-14H2,1-3H3,(H2,20,21,22);1H. The Morgan fingerprint density at radius 2 is 2.19 bits per heavy atom. The summed E-state index contributed by atoms with van der Waals surface area (Å²) in [6, 6.07) is 5.72. The first kappa shape index (κ1) is 23.8. The average molecular weight is 493 g/mol. The van der Waals surface area contributed by atoms with Crippen molar-refractivity contribution in [1.29, 1.82) is 0 Å². The number of rotatable bonds is 10. The van der Waals surface area contributed by atoms with Crippen molar-refractivity contribution in [2.24, 2.45) is 10.9 Å². The molecule has 1 aromatic carbocycles. The fourth-order valence-corrected chi connectivity index (χ4v) is 2.68. The first-order valence-electron chi connectivity index (χ1n) is 9.20. The van der Waals surface area contributed by atoms with E-state index in [0.29, 0.717) is 24.2 Å². The SMILES string of the molecule is CCOc1ccc(NC(=NC)NCCCOCC2CCOC2)cc1OC.I. The number of methoxy groups -OCH3 is 1. The van der Waals surface area contributed by atoms with Gasteiger partial charge in [-0.15, -0.1) is 24.0 Å². The first-order valence-corrected chi connectivity index (χ1v) is 9.20. The van der Waals surface area contributed by atoms with Crippen LogP contribution in [0.2, 0.25) is 0 Å². The third-order valence-corrected chi connectivity index (χ3v) is 4.09. The molecule has 0 bridgehead atoms. The summed E-state index contributed by atoms with van der Waals surface area (Å²) in [5.74, 6) is 2.69. The third kappa shape index (κ3) is 8.52. The normalized spacial score (nSPS) is 16.6. The van der Waals surface area contributed by atoms with Gasteiger partial charge in [-0.2, -0.15) is 0 Å². The molecule has 1 aliphatic heterocycles. The van der Waals surface area contributed by atoms with Gasteiger partial charge in [-0.1, -0.05) is 0 Å². The Kier molecular flexibility index (Phi) is 12.2. The van der Waals surface area contributed by atoms with E-state index in [1.54, 1.807) is 14.2 Å². The molecule has 1 saturated heterocycles. The average Bonchev–Trinajstić information content (AvgIpc) is 3.18. The third-order valence-electron chi connectivity index (χ3n) is 4.09. The molecular formula is C19H32IN3O4. The fourth-order valence-electron chi connectivity index (χ4n) is 2.68. The Bertz CT molecular complexity index is 566. The highest BCUT2D eigenvalue weighted by atomic mass is 127. The van der Waals surface area contributed by atoms with Gasteiger partial charge in [0.15, 0.2) is 17.5 Å². The van der Waals surface area contributed by atoms with Gasteiger partial charge in [0.2, 0.25) is 0 Å². The lowest BCUT2D eigenvalue weighted by Crippen LogP contribution is -2.32. The Labute approximate surface area is 179 Å². The van der Waals surface area contributed by atoms with Crippen LogP contribution in [0.5, 0.6) is 11.5 Å². The van der Waals surface area contributed by atoms with Gasteiger partial charge >= 0.3 is 0 Å². The second kappa shape index (κ2) is 13.8. The number of halogens is 1. The predicted molar refractivity (Wildman–Crippen MR) is 119 cm³/mol. The van der Waals surface area contributed by atoms with Crippen molar-refractivity contribution in [1.82, 2.24) is 5.32 Å². The van der Waals surface area contributed by atoms with E-state index in [-0.39, 0.29) is 24.0 Å². The summed E-state index contributed by atoms with van der Waals surface area (Å²) < 4.78 is 22.0. The van der Waals surface area contributed by atoms with Crippen LogP contribution in [-0.2, 0) is 9.47 Å². The molecule has 2 rings (SSSR count). The van der Waals surface area contributed by atoms with Crippen molar-refractivity contribution in [3.8, 4) is 11.5 Å². The Balaban J connectivity index is 0.00000364. The summed E-state index contributed by atoms with van der Waals surface area (Å²) in [6.45, 7) is 6.56. The predicted octanol–water partition coefficient (Wildman–Crippen LogP) is 3.14. The monoisotopic (exact) mass is 493 g/mol. The Morgan fingerprint density at radius 3 is 2.85 bits per heavy atom. The van der Waals surface area contributed by atoms with E-state index in [4.69, 9.17) is 18.9 Å². The van der Waals surface area contributed by atoms with E-state index in [1.807, 2.05) is 25.1 Å². The van der Waals surface area contributed by atoms with Gasteiger partial charge in [-0.25, -0.2) is 0 Å². The zero-order valence-corrected chi connectivity index (χ0v) is 18.8. The van der Waals surface area contributed by atoms with Crippen LogP contribution in [0.25, 0.3) is 0 Å². The van der Waals surface area contributed by atoms with Crippen LogP contribution in [0.4, 0.5) is 5.69 Å². The van der Waals surface area contributed by atoms with Crippen molar-refractivity contribution in [2.45, 2.75) is 19.8 Å². The number of guanidine groups is 1. The lowest BCUT2D eigenvalue weighted by Gasteiger charge is -2.15. The van der Waals surface area contributed by atoms with Crippen LogP contribution in [0.15, 0.2) is 23.2 Å². The van der Waals surface area contributed by atoms with Gasteiger partial charge in [0.1, 0.15) is 0 Å². The maximum Gasteiger partial charge on any atom is 0.195 e. The van der Waals surface area contributed by atoms with Crippen molar-refractivity contribution >= 4 is 35.6 Å². The maximum absolute atomic E-state index is 5.71. The molecule has 1 unspecified atom stereocenters. The van der Waals surface area contributed by atoms with Crippen LogP contribution in [0, 0.1) is 5.92 Å². The highest BCUT2D eigenvalue weighted by Gasteiger charge is 2.15. The van der Waals surface area contributed by atoms with Crippen LogP contribution in [0.3, 0.4) is 0 Å². The summed E-state index contributed by atoms with van der Waals surface area (Å²) in [4.78, 5) is 4.24. The lowest BCUT2D eigenvalue weighted by molar-refractivity contribution is 0.0888. The molecule has 1 aromatic rings. The minimum atomic E-state index is 0. The molecule has 0 radical (unpaired) electrons. The van der Waals surface area contributed by atoms with Gasteiger partial charge in [0, 0.05) is 44.5 Å². The second-order valence-corrected chi connectivity index (χ2v) is 6.08. The molecule has 2 N–H and O–H groups in total. The molecule has 1 heterocycles. The quantitative estimate of drug-likeness (QED) is 0.226. The molecule has 0 amide bonds. The molecule has 1 fully saturated rings. The molecule has 0 aromatic heterocycles. The highest BCUT2D eigenvalue weighted by Crippen LogP contribution is 2.30. The number of nitrogens with zero attached hydrogens (tertiary/aromatic N) is 1. The summed E-state index contributed by atoms with van der Waals surface area (Å²) in [5.41, 5.74) is 0.885. The molecule has 0 spiro atoms. The van der Waals surface area contributed by atoms with E-state index < -0.39 is 0 Å². The van der Waals surface area contributed by atoms with Gasteiger partial charge in [0.05, 0.1) is 26.9 Å². The number of ether oxygens (including phenoxy) is 4. The van der Waals surface area contributed by atoms with Crippen LogP contribution in [0.1, 0.15) is 19.8 Å². The summed E-state index contributed by atoms with van der Waals surface area (Å²) in [6.07, 6.45) is 2.03. The van der Waals surface area contributed by atoms with E-state index >= 15 is 0 Å². The number of nitrogens with one attached hydrogen (secondary N) is 2. The minimum absolute atomic E-state index is 0. The largest absolute Gasteiger partial charge is 0.493 e. The zero-order chi connectivity index (χ0) is 18.6. The van der Waals surface area contributed by atoms with E-state index in [0.717, 1.165) is 57.3 Å². The smallest absolute Gasteiger partial charge is 0.195 e. The summed E-state index contributed by atoms with van der Waals surface area (Å²) in [5, 5.41) is 6.54. The number of benzene rings is 1. The number of hydrogen-bond acceptors (Lipinski definition) is 5. The number of anilines is 1. The molecule has 7 nitrogen and oxygen atoms in total. The van der Waals surface area contributed by atoms with Crippen molar-refractivity contribution in [3.05, 3.63) is 18.2 Å². The van der Waals surface area contributed by atoms with Crippen LogP contribution >= 0.6 is 24.0 Å². The van der Waals surface area contributed by atoms with Gasteiger partial charge < -0.3 is 29.6 Å². The van der Waals surface area contributed by atoms with Gasteiger partial charge in [-0.05, 0) is 31.9 Å². The van der Waals surface area contributed by atoms with Gasteiger partial charge in [-0.3, -0.25) is 4.99 Å². The molecule has 8 heteroatoms. The molecule has 0 saturated carbocycles. The van der Waals surface area contributed by atoms with Crippen molar-refractivity contribution in [2.75, 3.05) is 59.1 Å². The molecule has 1 aliphatic rings. The van der Waals surface area contributed by atoms with Crippen molar-refractivity contribution < 1.29 is 18.9 Å². The van der Waals surface area contributed by atoms with E-state index in [1.165, 1.54) is 0 Å². The maximum atomic E-state index is 5.71.